The van der Waals surface area contributed by atoms with Crippen LogP contribution in [0.4, 0.5) is 18.9 Å². The molecule has 2 aromatic heterocycles. The summed E-state index contributed by atoms with van der Waals surface area (Å²) in [5, 5.41) is 17.3. The van der Waals surface area contributed by atoms with Crippen LogP contribution in [0.5, 0.6) is 0 Å². The number of imidazole rings is 1. The zero-order valence-corrected chi connectivity index (χ0v) is 21.1. The number of hydrogen-bond donors (Lipinski definition) is 5. The lowest BCUT2D eigenvalue weighted by atomic mass is 10.0. The number of fused-ring (bicyclic) bond motifs is 1. The minimum Gasteiger partial charge on any atom is -0.392 e. The Morgan fingerprint density at radius 1 is 1.21 bits per heavy atom. The number of carbonyl (C=O) groups excluding carboxylic acids is 1. The van der Waals surface area contributed by atoms with Gasteiger partial charge in [-0.05, 0) is 25.1 Å². The van der Waals surface area contributed by atoms with E-state index in [2.05, 4.69) is 35.9 Å². The molecule has 39 heavy (non-hydrogen) atoms. The van der Waals surface area contributed by atoms with Crippen molar-refractivity contribution in [1.82, 2.24) is 35.9 Å². The lowest BCUT2D eigenvalue weighted by Gasteiger charge is -2.31. The molecule has 1 fully saturated rings. The second-order valence-electron chi connectivity index (χ2n) is 8.97. The highest BCUT2D eigenvalue weighted by Crippen LogP contribution is 2.39. The highest BCUT2D eigenvalue weighted by atomic mass is 19.4. The largest absolute Gasteiger partial charge is 0.418 e. The van der Waals surface area contributed by atoms with E-state index in [1.807, 2.05) is 0 Å². The number of rotatable bonds is 6. The molecule has 0 bridgehead atoms. The summed E-state index contributed by atoms with van der Waals surface area (Å²) in [4.78, 5) is 30.7. The molecule has 2 aliphatic rings. The van der Waals surface area contributed by atoms with E-state index in [0.29, 0.717) is 37.6 Å². The molecule has 2 aliphatic heterocycles. The molecule has 11 nitrogen and oxygen atoms in total. The third kappa shape index (κ3) is 5.14. The maximum absolute atomic E-state index is 14.1. The molecule has 1 unspecified atom stereocenters. The third-order valence-corrected chi connectivity index (χ3v) is 6.36. The summed E-state index contributed by atoms with van der Waals surface area (Å²) in [5.74, 6) is -0.136. The number of nitrogens with zero attached hydrogens (tertiary/aromatic N) is 4. The van der Waals surface area contributed by atoms with E-state index in [1.165, 1.54) is 12.3 Å². The van der Waals surface area contributed by atoms with Gasteiger partial charge in [0.1, 0.15) is 22.9 Å². The number of aromatic amines is 1. The Hall–Kier alpha value is -4.46. The van der Waals surface area contributed by atoms with E-state index >= 15 is 0 Å². The number of benzene rings is 1. The van der Waals surface area contributed by atoms with E-state index in [0.717, 1.165) is 6.07 Å². The number of H-pyrrole nitrogens is 1. The smallest absolute Gasteiger partial charge is 0.392 e. The minimum absolute atomic E-state index is 0.00996. The average Bonchev–Trinajstić information content (AvgIpc) is 3.34. The predicted molar refractivity (Wildman–Crippen MR) is 138 cm³/mol. The predicted octanol–water partition coefficient (Wildman–Crippen LogP) is 2.48. The summed E-state index contributed by atoms with van der Waals surface area (Å²) in [6, 6.07) is 3.53. The van der Waals surface area contributed by atoms with Gasteiger partial charge in [-0.3, -0.25) is 10.2 Å². The van der Waals surface area contributed by atoms with E-state index < -0.39 is 23.7 Å². The number of morpholine rings is 1. The van der Waals surface area contributed by atoms with Crippen LogP contribution in [-0.4, -0.2) is 64.9 Å². The zero-order valence-electron chi connectivity index (χ0n) is 21.1. The molecule has 4 heterocycles. The topological polar surface area (TPSA) is 144 Å². The molecule has 3 aromatic rings. The molecule has 0 saturated carbocycles. The van der Waals surface area contributed by atoms with Gasteiger partial charge in [0.25, 0.3) is 5.91 Å². The SMILES string of the molecule is CN/C=C1/NC(=O)C(c2nc3cc(C(F)(F)F)c(N4CCOCC4)cc3[nH]2)=C(NC(C)c2ncccn2)C1=N. The molecule has 0 aliphatic carbocycles. The number of carbonyl (C=O) groups is 1. The van der Waals surface area contributed by atoms with E-state index in [1.54, 1.807) is 37.3 Å². The van der Waals surface area contributed by atoms with Gasteiger partial charge in [0.15, 0.2) is 0 Å². The first-order valence-corrected chi connectivity index (χ1v) is 12.2. The first-order chi connectivity index (χ1) is 18.7. The van der Waals surface area contributed by atoms with Gasteiger partial charge in [-0.15, -0.1) is 0 Å². The zero-order chi connectivity index (χ0) is 27.7. The van der Waals surface area contributed by atoms with Crippen molar-refractivity contribution in [3.63, 3.8) is 0 Å². The van der Waals surface area contributed by atoms with Gasteiger partial charge in [0.05, 0.1) is 52.9 Å². The van der Waals surface area contributed by atoms with Gasteiger partial charge in [-0.1, -0.05) is 0 Å². The Kier molecular flexibility index (Phi) is 6.95. The first-order valence-electron chi connectivity index (χ1n) is 12.2. The van der Waals surface area contributed by atoms with Crippen molar-refractivity contribution in [2.45, 2.75) is 19.1 Å². The summed E-state index contributed by atoms with van der Waals surface area (Å²) in [6.07, 6.45) is -0.00436. The van der Waals surface area contributed by atoms with Crippen LogP contribution < -0.4 is 20.9 Å². The molecule has 5 rings (SSSR count). The van der Waals surface area contributed by atoms with Gasteiger partial charge >= 0.3 is 6.18 Å². The molecule has 0 radical (unpaired) electrons. The van der Waals surface area contributed by atoms with Crippen molar-refractivity contribution >= 4 is 33.9 Å². The van der Waals surface area contributed by atoms with Gasteiger partial charge in [-0.2, -0.15) is 13.2 Å². The average molecular weight is 542 g/mol. The number of ether oxygens (including phenoxy) is 1. The van der Waals surface area contributed by atoms with Crippen molar-refractivity contribution in [2.24, 2.45) is 0 Å². The molecular weight excluding hydrogens is 515 g/mol. The van der Waals surface area contributed by atoms with Crippen molar-refractivity contribution in [3.05, 3.63) is 65.4 Å². The van der Waals surface area contributed by atoms with Crippen LogP contribution in [0.1, 0.15) is 30.2 Å². The number of aromatic nitrogens is 4. The molecule has 204 valence electrons. The number of alkyl halides is 3. The van der Waals surface area contributed by atoms with Gasteiger partial charge in [0, 0.05) is 38.7 Å². The lowest BCUT2D eigenvalue weighted by molar-refractivity contribution is -0.137. The Morgan fingerprint density at radius 3 is 2.59 bits per heavy atom. The minimum atomic E-state index is -4.62. The van der Waals surface area contributed by atoms with Crippen LogP contribution >= 0.6 is 0 Å². The fourth-order valence-electron chi connectivity index (χ4n) is 4.52. The monoisotopic (exact) mass is 541 g/mol. The summed E-state index contributed by atoms with van der Waals surface area (Å²) in [6.45, 7) is 3.03. The van der Waals surface area contributed by atoms with Gasteiger partial charge in [-0.25, -0.2) is 15.0 Å². The lowest BCUT2D eigenvalue weighted by Crippen LogP contribution is -2.41. The fraction of sp³-hybridized carbons (Fsp3) is 0.320. The van der Waals surface area contributed by atoms with Crippen LogP contribution in [0, 0.1) is 5.41 Å². The third-order valence-electron chi connectivity index (χ3n) is 6.36. The van der Waals surface area contributed by atoms with Crippen molar-refractivity contribution < 1.29 is 22.7 Å². The van der Waals surface area contributed by atoms with Gasteiger partial charge < -0.3 is 30.6 Å². The van der Waals surface area contributed by atoms with Crippen LogP contribution in [0.15, 0.2) is 48.2 Å². The van der Waals surface area contributed by atoms with Crippen molar-refractivity contribution in [3.8, 4) is 0 Å². The molecule has 14 heteroatoms. The summed E-state index contributed by atoms with van der Waals surface area (Å²) in [7, 11) is 1.63. The Balaban J connectivity index is 1.64. The van der Waals surface area contributed by atoms with Gasteiger partial charge in [0.2, 0.25) is 0 Å². The van der Waals surface area contributed by atoms with Crippen LogP contribution in [0.25, 0.3) is 16.6 Å². The van der Waals surface area contributed by atoms with Crippen molar-refractivity contribution in [2.75, 3.05) is 38.3 Å². The Morgan fingerprint density at radius 2 is 1.92 bits per heavy atom. The second kappa shape index (κ2) is 10.4. The number of hydrogen-bond acceptors (Lipinski definition) is 9. The molecule has 1 amide bonds. The highest BCUT2D eigenvalue weighted by molar-refractivity contribution is 6.33. The van der Waals surface area contributed by atoms with E-state index in [9.17, 15) is 18.0 Å². The normalized spacial score (nSPS) is 18.5. The van der Waals surface area contributed by atoms with Crippen LogP contribution in [-0.2, 0) is 15.7 Å². The Bertz CT molecular complexity index is 1480. The number of anilines is 1. The molecular formula is C25H26F3N9O2. The van der Waals surface area contributed by atoms with Crippen molar-refractivity contribution in [1.29, 1.82) is 5.41 Å². The van der Waals surface area contributed by atoms with Crippen LogP contribution in [0.2, 0.25) is 0 Å². The standard InChI is InChI=1S/C25H26F3N9O2/c1-13(22-31-4-3-5-32-22)33-21-19(24(38)36-17(12-30-2)20(21)29)23-34-15-10-14(25(26,27)28)18(11-16(15)35-23)37-6-8-39-9-7-37/h3-5,10-13,29-30,33H,6-9H2,1-2H3,(H,34,35)(H,36,38)/b17-12+,29-20?. The number of halogens is 3. The van der Waals surface area contributed by atoms with E-state index in [-0.39, 0.29) is 39.7 Å². The maximum Gasteiger partial charge on any atom is 0.418 e. The quantitative estimate of drug-likeness (QED) is 0.320. The molecule has 5 N–H and O–H groups in total. The first kappa shape index (κ1) is 26.2. The highest BCUT2D eigenvalue weighted by Gasteiger charge is 2.37. The summed E-state index contributed by atoms with van der Waals surface area (Å²) in [5.41, 5.74) is -0.184. The Labute approximate surface area is 221 Å². The maximum atomic E-state index is 14.1. The summed E-state index contributed by atoms with van der Waals surface area (Å²) >= 11 is 0. The number of amides is 1. The molecule has 1 saturated heterocycles. The molecule has 0 spiro atoms. The summed E-state index contributed by atoms with van der Waals surface area (Å²) < 4.78 is 47.5. The number of nitrogens with one attached hydrogen (secondary N) is 5. The van der Waals surface area contributed by atoms with Crippen LogP contribution in [0.3, 0.4) is 0 Å². The molecule has 1 atom stereocenters. The van der Waals surface area contributed by atoms with E-state index in [4.69, 9.17) is 10.1 Å². The fourth-order valence-corrected chi connectivity index (χ4v) is 4.52. The molecule has 1 aromatic carbocycles. The second-order valence-corrected chi connectivity index (χ2v) is 8.97.